The molecule has 8 nitrogen and oxygen atoms in total. The molecule has 4 aromatic rings. The van der Waals surface area contributed by atoms with Gasteiger partial charge in [-0.2, -0.15) is 4.68 Å². The molecule has 3 aromatic heterocycles. The lowest BCUT2D eigenvalue weighted by molar-refractivity contribution is 0.0602. The van der Waals surface area contributed by atoms with Crippen LogP contribution in [0.25, 0.3) is 11.3 Å². The summed E-state index contributed by atoms with van der Waals surface area (Å²) in [6.45, 7) is 4.32. The summed E-state index contributed by atoms with van der Waals surface area (Å²) in [5.74, 6) is 0.623. The standard InChI is InChI=1S/C20H20N6O2S/c1-13(2)14-6-8-16(9-7-14)26-20(22-23-24-26)29-12-15-11-25-10-4-5-17(18(25)21-15)19(27)28-3/h4-11,13H,12H2,1-3H3. The van der Waals surface area contributed by atoms with E-state index in [-0.39, 0.29) is 0 Å². The van der Waals surface area contributed by atoms with Crippen LogP contribution in [0.5, 0.6) is 0 Å². The summed E-state index contributed by atoms with van der Waals surface area (Å²) in [7, 11) is 1.36. The third-order valence-electron chi connectivity index (χ3n) is 4.53. The molecule has 0 amide bonds. The summed E-state index contributed by atoms with van der Waals surface area (Å²) in [5, 5.41) is 12.7. The minimum Gasteiger partial charge on any atom is -0.465 e. The first kappa shape index (κ1) is 19.1. The molecule has 3 heterocycles. The van der Waals surface area contributed by atoms with Gasteiger partial charge in [-0.05, 0) is 46.2 Å². The predicted molar refractivity (Wildman–Crippen MR) is 109 cm³/mol. The van der Waals surface area contributed by atoms with Gasteiger partial charge in [0.15, 0.2) is 5.65 Å². The molecule has 4 rings (SSSR count). The fraction of sp³-hybridized carbons (Fsp3) is 0.250. The lowest BCUT2D eigenvalue weighted by Gasteiger charge is -2.07. The number of hydrogen-bond acceptors (Lipinski definition) is 7. The van der Waals surface area contributed by atoms with Gasteiger partial charge in [-0.25, -0.2) is 9.78 Å². The Morgan fingerprint density at radius 3 is 2.72 bits per heavy atom. The van der Waals surface area contributed by atoms with Crippen molar-refractivity contribution in [1.29, 1.82) is 0 Å². The number of carbonyl (C=O) groups excluding carboxylic acids is 1. The van der Waals surface area contributed by atoms with Crippen molar-refractivity contribution in [3.05, 3.63) is 65.6 Å². The molecule has 0 spiro atoms. The van der Waals surface area contributed by atoms with Gasteiger partial charge in [0.05, 0.1) is 18.5 Å². The number of pyridine rings is 1. The smallest absolute Gasteiger partial charge is 0.341 e. The minimum absolute atomic E-state index is 0.408. The summed E-state index contributed by atoms with van der Waals surface area (Å²) in [6.07, 6.45) is 3.74. The van der Waals surface area contributed by atoms with Gasteiger partial charge in [-0.3, -0.25) is 0 Å². The average molecular weight is 408 g/mol. The van der Waals surface area contributed by atoms with Gasteiger partial charge in [0.2, 0.25) is 5.16 Å². The van der Waals surface area contributed by atoms with Crippen molar-refractivity contribution in [2.24, 2.45) is 0 Å². The number of thioether (sulfide) groups is 1. The predicted octanol–water partition coefficient (Wildman–Crippen LogP) is 3.51. The number of methoxy groups -OCH3 is 1. The van der Waals surface area contributed by atoms with E-state index in [1.54, 1.807) is 16.8 Å². The number of fused-ring (bicyclic) bond motifs is 1. The Balaban J connectivity index is 1.55. The Labute approximate surface area is 171 Å². The van der Waals surface area contributed by atoms with Crippen LogP contribution in [0.15, 0.2) is 53.9 Å². The molecule has 0 unspecified atom stereocenters. The van der Waals surface area contributed by atoms with E-state index >= 15 is 0 Å². The van der Waals surface area contributed by atoms with Gasteiger partial charge in [0, 0.05) is 18.1 Å². The second-order valence-corrected chi connectivity index (χ2v) is 7.73. The number of imidazole rings is 1. The third-order valence-corrected chi connectivity index (χ3v) is 5.49. The molecule has 0 aliphatic carbocycles. The second kappa shape index (κ2) is 8.04. The van der Waals surface area contributed by atoms with Crippen LogP contribution in [-0.2, 0) is 10.5 Å². The van der Waals surface area contributed by atoms with Crippen LogP contribution >= 0.6 is 11.8 Å². The highest BCUT2D eigenvalue weighted by atomic mass is 32.2. The summed E-state index contributed by atoms with van der Waals surface area (Å²) in [5.41, 5.74) is 3.99. The van der Waals surface area contributed by atoms with E-state index in [0.717, 1.165) is 11.4 Å². The molecular formula is C20H20N6O2S. The Hall–Kier alpha value is -3.20. The molecule has 0 radical (unpaired) electrons. The van der Waals surface area contributed by atoms with Crippen molar-refractivity contribution in [3.8, 4) is 5.69 Å². The Morgan fingerprint density at radius 1 is 1.21 bits per heavy atom. The highest BCUT2D eigenvalue weighted by molar-refractivity contribution is 7.98. The first-order chi connectivity index (χ1) is 14.1. The highest BCUT2D eigenvalue weighted by Crippen LogP contribution is 2.24. The summed E-state index contributed by atoms with van der Waals surface area (Å²) >= 11 is 1.48. The van der Waals surface area contributed by atoms with Gasteiger partial charge in [-0.15, -0.1) is 5.10 Å². The van der Waals surface area contributed by atoms with E-state index in [4.69, 9.17) is 4.74 Å². The number of ether oxygens (including phenoxy) is 1. The van der Waals surface area contributed by atoms with E-state index in [0.29, 0.717) is 28.0 Å². The van der Waals surface area contributed by atoms with Crippen LogP contribution in [0.4, 0.5) is 0 Å². The zero-order chi connectivity index (χ0) is 20.4. The largest absolute Gasteiger partial charge is 0.465 e. The molecular weight excluding hydrogens is 388 g/mol. The molecule has 0 fully saturated rings. The molecule has 9 heteroatoms. The first-order valence-corrected chi connectivity index (χ1v) is 10.1. The Bertz CT molecular complexity index is 1150. The average Bonchev–Trinajstić information content (AvgIpc) is 3.37. The van der Waals surface area contributed by atoms with E-state index in [2.05, 4.69) is 46.5 Å². The first-order valence-electron chi connectivity index (χ1n) is 9.13. The third kappa shape index (κ3) is 3.86. The molecule has 0 atom stereocenters. The Morgan fingerprint density at radius 2 is 2.00 bits per heavy atom. The molecule has 0 bridgehead atoms. The normalized spacial score (nSPS) is 11.3. The number of hydrogen-bond donors (Lipinski definition) is 0. The number of benzene rings is 1. The lowest BCUT2D eigenvalue weighted by atomic mass is 10.0. The zero-order valence-corrected chi connectivity index (χ0v) is 17.1. The van der Waals surface area contributed by atoms with Crippen LogP contribution in [-0.4, -0.2) is 42.7 Å². The monoisotopic (exact) mass is 408 g/mol. The quantitative estimate of drug-likeness (QED) is 0.356. The minimum atomic E-state index is -0.408. The van der Waals surface area contributed by atoms with Gasteiger partial charge < -0.3 is 9.14 Å². The van der Waals surface area contributed by atoms with E-state index in [9.17, 15) is 4.79 Å². The highest BCUT2D eigenvalue weighted by Gasteiger charge is 2.15. The van der Waals surface area contributed by atoms with Crippen molar-refractivity contribution >= 4 is 23.4 Å². The maximum absolute atomic E-state index is 11.9. The van der Waals surface area contributed by atoms with Crippen molar-refractivity contribution in [3.63, 3.8) is 0 Å². The van der Waals surface area contributed by atoms with Crippen molar-refractivity contribution in [2.45, 2.75) is 30.7 Å². The fourth-order valence-electron chi connectivity index (χ4n) is 2.97. The molecule has 0 N–H and O–H groups in total. The van der Waals surface area contributed by atoms with Crippen LogP contribution in [0.1, 0.15) is 41.4 Å². The van der Waals surface area contributed by atoms with Gasteiger partial charge >= 0.3 is 5.97 Å². The second-order valence-electron chi connectivity index (χ2n) is 6.78. The molecule has 148 valence electrons. The van der Waals surface area contributed by atoms with Crippen LogP contribution < -0.4 is 0 Å². The SMILES string of the molecule is COC(=O)c1cccn2cc(CSc3nnnn3-c3ccc(C(C)C)cc3)nc12. The number of rotatable bonds is 6. The summed E-state index contributed by atoms with van der Waals surface area (Å²) in [6, 6.07) is 11.7. The molecule has 0 aliphatic heterocycles. The molecule has 0 saturated carbocycles. The zero-order valence-electron chi connectivity index (χ0n) is 16.3. The van der Waals surface area contributed by atoms with Crippen molar-refractivity contribution in [1.82, 2.24) is 29.6 Å². The van der Waals surface area contributed by atoms with Crippen LogP contribution in [0.3, 0.4) is 0 Å². The van der Waals surface area contributed by atoms with Gasteiger partial charge in [0.25, 0.3) is 0 Å². The number of nitrogens with zero attached hydrogens (tertiary/aromatic N) is 6. The van der Waals surface area contributed by atoms with Crippen LogP contribution in [0, 0.1) is 0 Å². The Kier molecular flexibility index (Phi) is 5.30. The molecule has 0 saturated heterocycles. The number of tetrazole rings is 1. The maximum atomic E-state index is 11.9. The van der Waals surface area contributed by atoms with Crippen molar-refractivity contribution < 1.29 is 9.53 Å². The maximum Gasteiger partial charge on any atom is 0.341 e. The van der Waals surface area contributed by atoms with E-state index < -0.39 is 5.97 Å². The molecule has 29 heavy (non-hydrogen) atoms. The van der Waals surface area contributed by atoms with Gasteiger partial charge in [0.1, 0.15) is 5.56 Å². The van der Waals surface area contributed by atoms with Crippen LogP contribution in [0.2, 0.25) is 0 Å². The molecule has 0 aliphatic rings. The summed E-state index contributed by atoms with van der Waals surface area (Å²) < 4.78 is 8.36. The summed E-state index contributed by atoms with van der Waals surface area (Å²) in [4.78, 5) is 16.5. The molecule has 1 aromatic carbocycles. The van der Waals surface area contributed by atoms with E-state index in [1.807, 2.05) is 28.9 Å². The van der Waals surface area contributed by atoms with Gasteiger partial charge in [-0.1, -0.05) is 37.7 Å². The number of esters is 1. The fourth-order valence-corrected chi connectivity index (χ4v) is 3.75. The number of aromatic nitrogens is 6. The van der Waals surface area contributed by atoms with Crippen molar-refractivity contribution in [2.75, 3.05) is 7.11 Å². The topological polar surface area (TPSA) is 87.2 Å². The lowest BCUT2D eigenvalue weighted by Crippen LogP contribution is -2.03. The number of carbonyl (C=O) groups is 1. The van der Waals surface area contributed by atoms with E-state index in [1.165, 1.54) is 24.4 Å².